The largest absolute Gasteiger partial charge is 0.491 e. The Morgan fingerprint density at radius 1 is 1.29 bits per heavy atom. The molecule has 0 aliphatic heterocycles. The van der Waals surface area contributed by atoms with Crippen LogP contribution in [0.3, 0.4) is 0 Å². The van der Waals surface area contributed by atoms with Crippen molar-refractivity contribution in [2.45, 2.75) is 32.3 Å². The minimum Gasteiger partial charge on any atom is -0.491 e. The van der Waals surface area contributed by atoms with Crippen LogP contribution in [0.15, 0.2) is 18.2 Å². The molecule has 1 atom stereocenters. The molecule has 0 spiro atoms. The van der Waals surface area contributed by atoms with E-state index in [1.165, 1.54) is 12.1 Å². The van der Waals surface area contributed by atoms with Crippen LogP contribution in [0.4, 0.5) is 4.39 Å². The Hall–Kier alpha value is -1.13. The van der Waals surface area contributed by atoms with Crippen molar-refractivity contribution >= 4 is 0 Å². The maximum absolute atomic E-state index is 13.5. The summed E-state index contributed by atoms with van der Waals surface area (Å²) < 4.78 is 18.8. The zero-order chi connectivity index (χ0) is 12.7. The van der Waals surface area contributed by atoms with Gasteiger partial charge in [0.1, 0.15) is 0 Å². The van der Waals surface area contributed by atoms with E-state index in [-0.39, 0.29) is 12.4 Å². The third-order valence-corrected chi connectivity index (χ3v) is 2.50. The van der Waals surface area contributed by atoms with Crippen LogP contribution >= 0.6 is 0 Å². The first-order valence-corrected chi connectivity index (χ1v) is 5.86. The topological polar surface area (TPSA) is 49.7 Å². The van der Waals surface area contributed by atoms with Gasteiger partial charge in [-0.2, -0.15) is 0 Å². The molecule has 0 aromatic heterocycles. The second-order valence-corrected chi connectivity index (χ2v) is 4.00. The van der Waals surface area contributed by atoms with E-state index in [9.17, 15) is 9.50 Å². The van der Waals surface area contributed by atoms with E-state index in [1.54, 1.807) is 13.0 Å². The van der Waals surface area contributed by atoms with Crippen LogP contribution in [0.5, 0.6) is 5.75 Å². The summed E-state index contributed by atoms with van der Waals surface area (Å²) in [5, 5.41) is 17.9. The first-order valence-electron chi connectivity index (χ1n) is 5.86. The Bertz CT molecular complexity index is 339. The van der Waals surface area contributed by atoms with E-state index in [4.69, 9.17) is 9.84 Å². The Morgan fingerprint density at radius 3 is 2.65 bits per heavy atom. The Balaban J connectivity index is 2.43. The molecule has 96 valence electrons. The average molecular weight is 242 g/mol. The first kappa shape index (κ1) is 13.9. The molecular formula is C13H19FO3. The number of rotatable bonds is 7. The van der Waals surface area contributed by atoms with Crippen molar-refractivity contribution < 1.29 is 19.3 Å². The monoisotopic (exact) mass is 242 g/mol. The van der Waals surface area contributed by atoms with Gasteiger partial charge in [0.05, 0.1) is 12.7 Å². The molecule has 0 amide bonds. The lowest BCUT2D eigenvalue weighted by atomic mass is 10.1. The maximum atomic E-state index is 13.5. The predicted octanol–water partition coefficient (Wildman–Crippen LogP) is 2.42. The summed E-state index contributed by atoms with van der Waals surface area (Å²) in [5.74, 6) is -0.246. The highest BCUT2D eigenvalue weighted by atomic mass is 19.1. The Kier molecular flexibility index (Phi) is 5.94. The lowest BCUT2D eigenvalue weighted by Crippen LogP contribution is -2.01. The molecule has 2 N–H and O–H groups in total. The highest BCUT2D eigenvalue weighted by Gasteiger charge is 2.07. The normalized spacial score (nSPS) is 12.5. The van der Waals surface area contributed by atoms with Gasteiger partial charge in [-0.25, -0.2) is 4.39 Å². The number of hydrogen-bond acceptors (Lipinski definition) is 3. The van der Waals surface area contributed by atoms with E-state index in [2.05, 4.69) is 0 Å². The van der Waals surface area contributed by atoms with Gasteiger partial charge in [-0.1, -0.05) is 6.07 Å². The molecule has 0 fully saturated rings. The van der Waals surface area contributed by atoms with Crippen LogP contribution in [0, 0.1) is 5.82 Å². The van der Waals surface area contributed by atoms with Crippen LogP contribution in [0.25, 0.3) is 0 Å². The average Bonchev–Trinajstić information content (AvgIpc) is 2.30. The van der Waals surface area contributed by atoms with E-state index >= 15 is 0 Å². The lowest BCUT2D eigenvalue weighted by molar-refractivity contribution is 0.198. The highest BCUT2D eigenvalue weighted by molar-refractivity contribution is 5.30. The van der Waals surface area contributed by atoms with Crippen LogP contribution < -0.4 is 4.74 Å². The van der Waals surface area contributed by atoms with E-state index in [0.717, 1.165) is 19.3 Å². The summed E-state index contributed by atoms with van der Waals surface area (Å²) >= 11 is 0. The molecule has 1 rings (SSSR count). The number of benzene rings is 1. The van der Waals surface area contributed by atoms with E-state index < -0.39 is 11.9 Å². The van der Waals surface area contributed by atoms with Gasteiger partial charge in [0, 0.05) is 6.61 Å². The molecule has 0 bridgehead atoms. The van der Waals surface area contributed by atoms with Gasteiger partial charge in [-0.05, 0) is 43.9 Å². The van der Waals surface area contributed by atoms with Crippen molar-refractivity contribution in [2.24, 2.45) is 0 Å². The van der Waals surface area contributed by atoms with Crippen molar-refractivity contribution in [1.82, 2.24) is 0 Å². The van der Waals surface area contributed by atoms with Gasteiger partial charge in [-0.15, -0.1) is 0 Å². The molecule has 0 aliphatic carbocycles. The minimum atomic E-state index is -0.678. The molecular weight excluding hydrogens is 223 g/mol. The molecule has 0 unspecified atom stereocenters. The molecule has 0 heterocycles. The van der Waals surface area contributed by atoms with Crippen LogP contribution in [-0.4, -0.2) is 23.4 Å². The smallest absolute Gasteiger partial charge is 0.165 e. The van der Waals surface area contributed by atoms with Gasteiger partial charge in [0.2, 0.25) is 0 Å². The molecule has 0 saturated heterocycles. The summed E-state index contributed by atoms with van der Waals surface area (Å²) in [7, 11) is 0. The van der Waals surface area contributed by atoms with Crippen molar-refractivity contribution in [1.29, 1.82) is 0 Å². The summed E-state index contributed by atoms with van der Waals surface area (Å²) in [4.78, 5) is 0. The van der Waals surface area contributed by atoms with Crippen molar-refractivity contribution in [2.75, 3.05) is 13.2 Å². The third kappa shape index (κ3) is 4.71. The number of aliphatic hydroxyl groups is 2. The number of aliphatic hydroxyl groups excluding tert-OH is 2. The van der Waals surface area contributed by atoms with Crippen LogP contribution in [0.1, 0.15) is 37.9 Å². The van der Waals surface area contributed by atoms with Crippen LogP contribution in [0.2, 0.25) is 0 Å². The molecule has 0 radical (unpaired) electrons. The molecule has 0 aliphatic rings. The Labute approximate surface area is 101 Å². The van der Waals surface area contributed by atoms with Gasteiger partial charge in [0.25, 0.3) is 0 Å². The SMILES string of the molecule is C[C@@H](O)c1ccc(OCCCCCO)c(F)c1. The zero-order valence-electron chi connectivity index (χ0n) is 10.0. The standard InChI is InChI=1S/C13H19FO3/c1-10(16)11-5-6-13(12(14)9-11)17-8-4-2-3-7-15/h5-6,9-10,15-16H,2-4,7-8H2,1H3/t10-/m1/s1. The number of unbranched alkanes of at least 4 members (excludes halogenated alkanes) is 2. The molecule has 4 heteroatoms. The van der Waals surface area contributed by atoms with Crippen molar-refractivity contribution in [3.63, 3.8) is 0 Å². The number of hydrogen-bond donors (Lipinski definition) is 2. The fraction of sp³-hybridized carbons (Fsp3) is 0.538. The number of halogens is 1. The van der Waals surface area contributed by atoms with Gasteiger partial charge >= 0.3 is 0 Å². The van der Waals surface area contributed by atoms with E-state index in [0.29, 0.717) is 12.2 Å². The molecule has 17 heavy (non-hydrogen) atoms. The fourth-order valence-electron chi connectivity index (χ4n) is 1.47. The second-order valence-electron chi connectivity index (χ2n) is 4.00. The third-order valence-electron chi connectivity index (χ3n) is 2.50. The van der Waals surface area contributed by atoms with Crippen molar-refractivity contribution in [3.8, 4) is 5.75 Å². The molecule has 1 aromatic carbocycles. The van der Waals surface area contributed by atoms with Crippen molar-refractivity contribution in [3.05, 3.63) is 29.6 Å². The van der Waals surface area contributed by atoms with Gasteiger partial charge < -0.3 is 14.9 Å². The summed E-state index contributed by atoms with van der Waals surface area (Å²) in [5.41, 5.74) is 0.537. The maximum Gasteiger partial charge on any atom is 0.165 e. The predicted molar refractivity (Wildman–Crippen MR) is 63.5 cm³/mol. The molecule has 1 aromatic rings. The zero-order valence-corrected chi connectivity index (χ0v) is 10.0. The summed E-state index contributed by atoms with van der Waals surface area (Å²) in [6.45, 7) is 2.20. The molecule has 0 saturated carbocycles. The number of ether oxygens (including phenoxy) is 1. The molecule has 3 nitrogen and oxygen atoms in total. The van der Waals surface area contributed by atoms with Gasteiger partial charge in [0.15, 0.2) is 11.6 Å². The highest BCUT2D eigenvalue weighted by Crippen LogP contribution is 2.22. The fourth-order valence-corrected chi connectivity index (χ4v) is 1.47. The lowest BCUT2D eigenvalue weighted by Gasteiger charge is -2.09. The van der Waals surface area contributed by atoms with Crippen LogP contribution in [-0.2, 0) is 0 Å². The summed E-state index contributed by atoms with van der Waals surface area (Å²) in [6.07, 6.45) is 1.72. The first-order chi connectivity index (χ1) is 8.15. The summed E-state index contributed by atoms with van der Waals surface area (Å²) in [6, 6.07) is 4.47. The minimum absolute atomic E-state index is 0.178. The Morgan fingerprint density at radius 2 is 2.06 bits per heavy atom. The quantitative estimate of drug-likeness (QED) is 0.722. The van der Waals surface area contributed by atoms with Gasteiger partial charge in [-0.3, -0.25) is 0 Å². The second kappa shape index (κ2) is 7.25. The van der Waals surface area contributed by atoms with E-state index in [1.807, 2.05) is 0 Å².